The van der Waals surface area contributed by atoms with Gasteiger partial charge in [0.1, 0.15) is 0 Å². The van der Waals surface area contributed by atoms with Crippen LogP contribution in [0.2, 0.25) is 0 Å². The maximum atomic E-state index is 12.5. The molecule has 0 spiro atoms. The molecule has 0 fully saturated rings. The summed E-state index contributed by atoms with van der Waals surface area (Å²) >= 11 is 8.14. The smallest absolute Gasteiger partial charge is 0.258 e. The second-order valence-corrected chi connectivity index (χ2v) is 4.73. The van der Waals surface area contributed by atoms with Gasteiger partial charge in [-0.25, -0.2) is 8.78 Å². The van der Waals surface area contributed by atoms with Crippen LogP contribution in [0.25, 0.3) is 0 Å². The Morgan fingerprint density at radius 2 is 2.15 bits per heavy atom. The first-order valence-corrected chi connectivity index (χ1v) is 6.24. The molecule has 0 saturated heterocycles. The molecule has 0 bridgehead atoms. The minimum atomic E-state index is -2.47. The highest BCUT2D eigenvalue weighted by molar-refractivity contribution is 14.1. The molecule has 1 rings (SSSR count). The molecule has 0 aliphatic carbocycles. The second-order valence-electron chi connectivity index (χ2n) is 2.21. The SMILES string of the molecule is FC(F)c1c(I)cnc(CBr)c1Br. The van der Waals surface area contributed by atoms with Crippen LogP contribution in [0.4, 0.5) is 8.78 Å². The van der Waals surface area contributed by atoms with Crippen molar-refractivity contribution in [2.24, 2.45) is 0 Å². The second kappa shape index (κ2) is 4.97. The van der Waals surface area contributed by atoms with Gasteiger partial charge < -0.3 is 0 Å². The lowest BCUT2D eigenvalue weighted by Crippen LogP contribution is -1.97. The lowest BCUT2D eigenvalue weighted by atomic mass is 10.2. The van der Waals surface area contributed by atoms with Crippen LogP contribution in [0.3, 0.4) is 0 Å². The van der Waals surface area contributed by atoms with Crippen LogP contribution in [-0.4, -0.2) is 4.98 Å². The first-order valence-electron chi connectivity index (χ1n) is 3.24. The van der Waals surface area contributed by atoms with Crippen LogP contribution in [-0.2, 0) is 5.33 Å². The van der Waals surface area contributed by atoms with E-state index in [1.165, 1.54) is 6.20 Å². The van der Waals surface area contributed by atoms with Gasteiger partial charge in [0.2, 0.25) is 0 Å². The van der Waals surface area contributed by atoms with Crippen molar-refractivity contribution in [2.75, 3.05) is 0 Å². The van der Waals surface area contributed by atoms with E-state index in [4.69, 9.17) is 0 Å². The summed E-state index contributed by atoms with van der Waals surface area (Å²) in [6.45, 7) is 0. The molecule has 0 aliphatic rings. The number of hydrogen-bond donors (Lipinski definition) is 0. The molecule has 6 heteroatoms. The van der Waals surface area contributed by atoms with Crippen molar-refractivity contribution in [2.45, 2.75) is 11.8 Å². The third-order valence-corrected chi connectivity index (χ3v) is 3.70. The fourth-order valence-corrected chi connectivity index (χ4v) is 3.26. The summed E-state index contributed by atoms with van der Waals surface area (Å²) in [6, 6.07) is 0. The molecule has 1 aromatic rings. The molecule has 13 heavy (non-hydrogen) atoms. The van der Waals surface area contributed by atoms with Gasteiger partial charge in [-0.3, -0.25) is 4.98 Å². The predicted octanol–water partition coefficient (Wildman–Crippen LogP) is 4.28. The Kier molecular flexibility index (Phi) is 4.50. The van der Waals surface area contributed by atoms with E-state index < -0.39 is 6.43 Å². The van der Waals surface area contributed by atoms with Crippen molar-refractivity contribution in [1.29, 1.82) is 0 Å². The van der Waals surface area contributed by atoms with Gasteiger partial charge in [0.05, 0.1) is 5.69 Å². The van der Waals surface area contributed by atoms with Crippen LogP contribution in [0, 0.1) is 3.57 Å². The third-order valence-electron chi connectivity index (χ3n) is 1.43. The Labute approximate surface area is 105 Å². The molecule has 72 valence electrons. The van der Waals surface area contributed by atoms with E-state index in [0.29, 0.717) is 19.1 Å². The first-order chi connectivity index (χ1) is 6.07. The van der Waals surface area contributed by atoms with Gasteiger partial charge in [-0.15, -0.1) is 0 Å². The monoisotopic (exact) mass is 425 g/mol. The number of rotatable bonds is 2. The third kappa shape index (κ3) is 2.59. The molecule has 0 N–H and O–H groups in total. The van der Waals surface area contributed by atoms with Gasteiger partial charge in [-0.05, 0) is 38.5 Å². The van der Waals surface area contributed by atoms with Crippen molar-refractivity contribution in [3.05, 3.63) is 25.5 Å². The molecular weight excluding hydrogens is 423 g/mol. The zero-order valence-corrected chi connectivity index (χ0v) is 11.5. The Hall–Kier alpha value is 0.700. The van der Waals surface area contributed by atoms with E-state index in [2.05, 4.69) is 36.8 Å². The highest BCUT2D eigenvalue weighted by atomic mass is 127. The van der Waals surface area contributed by atoms with Crippen molar-refractivity contribution < 1.29 is 8.78 Å². The maximum absolute atomic E-state index is 12.5. The molecule has 0 atom stereocenters. The Bertz CT molecular complexity index is 320. The molecule has 1 aromatic heterocycles. The maximum Gasteiger partial charge on any atom is 0.266 e. The summed E-state index contributed by atoms with van der Waals surface area (Å²) in [6.07, 6.45) is -1.02. The zero-order chi connectivity index (χ0) is 10.0. The molecule has 0 amide bonds. The van der Waals surface area contributed by atoms with Gasteiger partial charge in [-0.1, -0.05) is 15.9 Å². The van der Waals surface area contributed by atoms with Crippen molar-refractivity contribution in [3.63, 3.8) is 0 Å². The normalized spacial score (nSPS) is 10.9. The summed E-state index contributed by atoms with van der Waals surface area (Å²) in [4.78, 5) is 4.00. The number of aromatic nitrogens is 1. The standard InChI is InChI=1S/C7H4Br2F2IN/c8-1-4-6(9)5(7(10)11)3(12)2-13-4/h2,7H,1H2. The lowest BCUT2D eigenvalue weighted by Gasteiger charge is -2.08. The zero-order valence-electron chi connectivity index (χ0n) is 6.20. The molecule has 1 nitrogen and oxygen atoms in total. The first kappa shape index (κ1) is 11.8. The molecule has 0 aliphatic heterocycles. The highest BCUT2D eigenvalue weighted by Gasteiger charge is 2.18. The number of halogens is 5. The van der Waals surface area contributed by atoms with Gasteiger partial charge >= 0.3 is 0 Å². The van der Waals surface area contributed by atoms with Crippen molar-refractivity contribution >= 4 is 54.5 Å². The summed E-state index contributed by atoms with van der Waals surface area (Å²) < 4.78 is 25.9. The van der Waals surface area contributed by atoms with Crippen molar-refractivity contribution in [1.82, 2.24) is 4.98 Å². The summed E-state index contributed by atoms with van der Waals surface area (Å²) in [7, 11) is 0. The van der Waals surface area contributed by atoms with E-state index in [9.17, 15) is 8.78 Å². The molecule has 0 radical (unpaired) electrons. The van der Waals surface area contributed by atoms with Gasteiger partial charge in [-0.2, -0.15) is 0 Å². The highest BCUT2D eigenvalue weighted by Crippen LogP contribution is 2.33. The minimum Gasteiger partial charge on any atom is -0.258 e. The summed E-state index contributed by atoms with van der Waals surface area (Å²) in [5.41, 5.74) is 0.612. The summed E-state index contributed by atoms with van der Waals surface area (Å²) in [5, 5.41) is 0.463. The fourth-order valence-electron chi connectivity index (χ4n) is 0.814. The molecule has 0 unspecified atom stereocenters. The average Bonchev–Trinajstić information content (AvgIpc) is 2.04. The largest absolute Gasteiger partial charge is 0.266 e. The molecule has 1 heterocycles. The van der Waals surface area contributed by atoms with E-state index >= 15 is 0 Å². The van der Waals surface area contributed by atoms with Gasteiger partial charge in [0.25, 0.3) is 6.43 Å². The molecule has 0 saturated carbocycles. The van der Waals surface area contributed by atoms with Crippen LogP contribution in [0.5, 0.6) is 0 Å². The van der Waals surface area contributed by atoms with Crippen LogP contribution >= 0.6 is 54.5 Å². The Morgan fingerprint density at radius 3 is 2.62 bits per heavy atom. The lowest BCUT2D eigenvalue weighted by molar-refractivity contribution is 0.149. The predicted molar refractivity (Wildman–Crippen MR) is 62.2 cm³/mol. The number of pyridine rings is 1. The number of hydrogen-bond acceptors (Lipinski definition) is 1. The Balaban J connectivity index is 3.30. The van der Waals surface area contributed by atoms with E-state index in [1.54, 1.807) is 0 Å². The fraction of sp³-hybridized carbons (Fsp3) is 0.286. The molecular formula is C7H4Br2F2IN. The molecule has 0 aromatic carbocycles. The van der Waals surface area contributed by atoms with Crippen LogP contribution in [0.1, 0.15) is 17.7 Å². The number of alkyl halides is 3. The quantitative estimate of drug-likeness (QED) is 0.508. The Morgan fingerprint density at radius 1 is 1.54 bits per heavy atom. The number of nitrogens with zero attached hydrogens (tertiary/aromatic N) is 1. The van der Waals surface area contributed by atoms with E-state index in [0.717, 1.165) is 0 Å². The van der Waals surface area contributed by atoms with Crippen LogP contribution < -0.4 is 0 Å². The van der Waals surface area contributed by atoms with E-state index in [-0.39, 0.29) is 5.56 Å². The van der Waals surface area contributed by atoms with Gasteiger partial charge in [0.15, 0.2) is 0 Å². The van der Waals surface area contributed by atoms with Crippen LogP contribution in [0.15, 0.2) is 10.7 Å². The minimum absolute atomic E-state index is 0.0186. The van der Waals surface area contributed by atoms with Gasteiger partial charge in [0, 0.05) is 25.1 Å². The van der Waals surface area contributed by atoms with E-state index in [1.807, 2.05) is 22.6 Å². The van der Waals surface area contributed by atoms with Crippen molar-refractivity contribution in [3.8, 4) is 0 Å². The summed E-state index contributed by atoms with van der Waals surface area (Å²) in [5.74, 6) is 0. The average molecular weight is 427 g/mol. The topological polar surface area (TPSA) is 12.9 Å².